The average Bonchev–Trinajstić information content (AvgIpc) is 2.81. The van der Waals surface area contributed by atoms with Crippen molar-refractivity contribution in [2.75, 3.05) is 43.4 Å². The molecule has 0 spiro atoms. The largest absolute Gasteiger partial charge is 0.382 e. The van der Waals surface area contributed by atoms with Crippen LogP contribution in [-0.2, 0) is 0 Å². The first-order chi connectivity index (χ1) is 10.0. The highest BCUT2D eigenvalue weighted by molar-refractivity contribution is 7.11. The minimum absolute atomic E-state index is 0.0889. The van der Waals surface area contributed by atoms with Gasteiger partial charge in [0, 0.05) is 32.2 Å². The van der Waals surface area contributed by atoms with Crippen LogP contribution < -0.4 is 16.0 Å². The number of hydrogen-bond donors (Lipinski definition) is 2. The molecular weight excluding hydrogens is 286 g/mol. The van der Waals surface area contributed by atoms with Gasteiger partial charge in [0.25, 0.3) is 5.91 Å². The number of nitrogens with zero attached hydrogens (tertiary/aromatic N) is 3. The fraction of sp³-hybridized carbons (Fsp3) is 0.714. The summed E-state index contributed by atoms with van der Waals surface area (Å²) in [6, 6.07) is 0.0889. The van der Waals surface area contributed by atoms with Crippen molar-refractivity contribution >= 4 is 28.3 Å². The van der Waals surface area contributed by atoms with E-state index in [1.54, 1.807) is 0 Å². The first kappa shape index (κ1) is 16.0. The summed E-state index contributed by atoms with van der Waals surface area (Å²) in [4.78, 5) is 17.0. The molecule has 0 unspecified atom stereocenters. The summed E-state index contributed by atoms with van der Waals surface area (Å²) in [6.07, 6.45) is 1.18. The molecule has 0 radical (unpaired) electrons. The van der Waals surface area contributed by atoms with E-state index < -0.39 is 0 Å². The zero-order chi connectivity index (χ0) is 15.4. The van der Waals surface area contributed by atoms with E-state index in [9.17, 15) is 4.79 Å². The van der Waals surface area contributed by atoms with E-state index in [4.69, 9.17) is 5.73 Å². The molecule has 1 fully saturated rings. The number of piperazine rings is 1. The van der Waals surface area contributed by atoms with Gasteiger partial charge in [0.05, 0.1) is 0 Å². The summed E-state index contributed by atoms with van der Waals surface area (Å²) < 4.78 is 4.18. The molecule has 1 aliphatic rings. The van der Waals surface area contributed by atoms with Crippen LogP contribution in [0.25, 0.3) is 0 Å². The second-order valence-corrected chi connectivity index (χ2v) is 6.46. The molecule has 7 heteroatoms. The van der Waals surface area contributed by atoms with Crippen LogP contribution in [0, 0.1) is 0 Å². The Kier molecular flexibility index (Phi) is 5.41. The highest BCUT2D eigenvalue weighted by atomic mass is 32.1. The lowest BCUT2D eigenvalue weighted by molar-refractivity contribution is 0.0944. The van der Waals surface area contributed by atoms with Crippen LogP contribution in [0.5, 0.6) is 0 Å². The lowest BCUT2D eigenvalue weighted by Gasteiger charge is -2.35. The molecule has 21 heavy (non-hydrogen) atoms. The van der Waals surface area contributed by atoms with Gasteiger partial charge >= 0.3 is 0 Å². The fourth-order valence-electron chi connectivity index (χ4n) is 2.55. The van der Waals surface area contributed by atoms with Crippen molar-refractivity contribution in [2.24, 2.45) is 0 Å². The third-order valence-electron chi connectivity index (χ3n) is 3.55. The molecule has 0 aromatic carbocycles. The molecule has 1 aromatic heterocycles. The Morgan fingerprint density at radius 2 is 2.05 bits per heavy atom. The molecule has 0 atom stereocenters. The van der Waals surface area contributed by atoms with E-state index >= 15 is 0 Å². The lowest BCUT2D eigenvalue weighted by Crippen LogP contribution is -2.47. The Labute approximate surface area is 130 Å². The summed E-state index contributed by atoms with van der Waals surface area (Å²) in [5.74, 6) is 0.214. The number of amides is 1. The highest BCUT2D eigenvalue weighted by Crippen LogP contribution is 2.31. The molecule has 1 amide bonds. The van der Waals surface area contributed by atoms with E-state index in [2.05, 4.69) is 26.4 Å². The number of hydrogen-bond acceptors (Lipinski definition) is 6. The van der Waals surface area contributed by atoms with Gasteiger partial charge in [-0.05, 0) is 38.3 Å². The second-order valence-electron chi connectivity index (χ2n) is 5.70. The number of anilines is 2. The van der Waals surface area contributed by atoms with Crippen LogP contribution in [0.3, 0.4) is 0 Å². The van der Waals surface area contributed by atoms with Crippen LogP contribution in [0.15, 0.2) is 0 Å². The topological polar surface area (TPSA) is 74.5 Å². The first-order valence-electron chi connectivity index (χ1n) is 7.56. The van der Waals surface area contributed by atoms with Crippen LogP contribution in [-0.4, -0.2) is 53.9 Å². The predicted molar refractivity (Wildman–Crippen MR) is 88.1 cm³/mol. The van der Waals surface area contributed by atoms with E-state index in [0.717, 1.165) is 37.7 Å². The third-order valence-corrected chi connectivity index (χ3v) is 4.47. The Balaban J connectivity index is 2.09. The molecule has 3 N–H and O–H groups in total. The van der Waals surface area contributed by atoms with Crippen molar-refractivity contribution in [1.29, 1.82) is 0 Å². The van der Waals surface area contributed by atoms with E-state index in [0.29, 0.717) is 11.4 Å². The van der Waals surface area contributed by atoms with E-state index in [1.807, 2.05) is 13.8 Å². The smallest absolute Gasteiger partial charge is 0.258 e. The maximum Gasteiger partial charge on any atom is 0.258 e. The number of rotatable bonds is 5. The molecule has 1 saturated heterocycles. The zero-order valence-electron chi connectivity index (χ0n) is 13.1. The Morgan fingerprint density at radius 1 is 1.38 bits per heavy atom. The average molecular weight is 311 g/mol. The molecule has 1 aliphatic heterocycles. The van der Waals surface area contributed by atoms with Gasteiger partial charge in [-0.1, -0.05) is 6.92 Å². The first-order valence-corrected chi connectivity index (χ1v) is 8.33. The maximum absolute atomic E-state index is 12.3. The van der Waals surface area contributed by atoms with E-state index in [1.165, 1.54) is 18.0 Å². The Hall–Kier alpha value is -1.34. The maximum atomic E-state index is 12.3. The van der Waals surface area contributed by atoms with Crippen molar-refractivity contribution in [1.82, 2.24) is 14.6 Å². The van der Waals surface area contributed by atoms with Crippen LogP contribution >= 0.6 is 11.5 Å². The van der Waals surface area contributed by atoms with Gasteiger partial charge in [0.1, 0.15) is 10.6 Å². The monoisotopic (exact) mass is 311 g/mol. The van der Waals surface area contributed by atoms with Crippen molar-refractivity contribution in [3.63, 3.8) is 0 Å². The van der Waals surface area contributed by atoms with Crippen molar-refractivity contribution in [3.8, 4) is 0 Å². The van der Waals surface area contributed by atoms with Gasteiger partial charge in [-0.15, -0.1) is 0 Å². The summed E-state index contributed by atoms with van der Waals surface area (Å²) in [6.45, 7) is 11.1. The molecule has 0 bridgehead atoms. The van der Waals surface area contributed by atoms with Crippen LogP contribution in [0.1, 0.15) is 37.6 Å². The number of nitrogens with two attached hydrogens (primary N) is 1. The molecule has 0 saturated carbocycles. The van der Waals surface area contributed by atoms with Gasteiger partial charge in [-0.2, -0.15) is 4.37 Å². The third kappa shape index (κ3) is 3.85. The van der Waals surface area contributed by atoms with Crippen molar-refractivity contribution < 1.29 is 4.79 Å². The number of aromatic nitrogens is 1. The van der Waals surface area contributed by atoms with Crippen LogP contribution in [0.4, 0.5) is 10.8 Å². The van der Waals surface area contributed by atoms with Crippen molar-refractivity contribution in [2.45, 2.75) is 33.2 Å². The van der Waals surface area contributed by atoms with Gasteiger partial charge in [-0.3, -0.25) is 9.69 Å². The number of nitrogen functional groups attached to an aromatic ring is 1. The van der Waals surface area contributed by atoms with Gasteiger partial charge in [0.15, 0.2) is 5.82 Å². The quantitative estimate of drug-likeness (QED) is 0.860. The minimum atomic E-state index is -0.123. The minimum Gasteiger partial charge on any atom is -0.382 e. The summed E-state index contributed by atoms with van der Waals surface area (Å²) >= 11 is 1.32. The normalized spacial score (nSPS) is 16.5. The fourth-order valence-corrected chi connectivity index (χ4v) is 3.41. The SMILES string of the molecule is CCCN1CCN(c2snc(N)c2C(=O)NC(C)C)CC1. The molecule has 118 valence electrons. The number of carbonyl (C=O) groups is 1. The van der Waals surface area contributed by atoms with Crippen molar-refractivity contribution in [3.05, 3.63) is 5.56 Å². The molecular formula is C14H25N5OS. The zero-order valence-corrected chi connectivity index (χ0v) is 13.9. The number of carbonyl (C=O) groups excluding carboxylic acids is 1. The van der Waals surface area contributed by atoms with E-state index in [-0.39, 0.29) is 11.9 Å². The van der Waals surface area contributed by atoms with Gasteiger partial charge in [0.2, 0.25) is 0 Å². The lowest BCUT2D eigenvalue weighted by atomic mass is 10.2. The summed E-state index contributed by atoms with van der Waals surface area (Å²) in [5.41, 5.74) is 6.44. The summed E-state index contributed by atoms with van der Waals surface area (Å²) in [7, 11) is 0. The van der Waals surface area contributed by atoms with Gasteiger partial charge in [-0.25, -0.2) is 0 Å². The molecule has 1 aromatic rings. The molecule has 0 aliphatic carbocycles. The second kappa shape index (κ2) is 7.09. The van der Waals surface area contributed by atoms with Crippen LogP contribution in [0.2, 0.25) is 0 Å². The number of nitrogens with one attached hydrogen (secondary N) is 1. The Morgan fingerprint density at radius 3 is 2.62 bits per heavy atom. The predicted octanol–water partition coefficient (Wildman–Crippen LogP) is 1.40. The van der Waals surface area contributed by atoms with Gasteiger partial charge < -0.3 is 16.0 Å². The standard InChI is InChI=1S/C14H25N5OS/c1-4-5-18-6-8-19(9-7-18)14-11(12(15)17-21-14)13(20)16-10(2)3/h10H,4-9H2,1-3H3,(H2,15,17)(H,16,20). The molecule has 2 rings (SSSR count). The molecule has 6 nitrogen and oxygen atoms in total. The molecule has 2 heterocycles. The Bertz CT molecular complexity index is 480. The highest BCUT2D eigenvalue weighted by Gasteiger charge is 2.26. The summed E-state index contributed by atoms with van der Waals surface area (Å²) in [5, 5.41) is 3.81.